The molecule has 0 bridgehead atoms. The van der Waals surface area contributed by atoms with E-state index >= 15 is 0 Å². The first-order chi connectivity index (χ1) is 6.86. The van der Waals surface area contributed by atoms with Gasteiger partial charge in [-0.2, -0.15) is 0 Å². The molecule has 0 unspecified atom stereocenters. The van der Waals surface area contributed by atoms with E-state index in [2.05, 4.69) is 49.4 Å². The highest BCUT2D eigenvalue weighted by atomic mass is 28.2. The zero-order chi connectivity index (χ0) is 9.54. The van der Waals surface area contributed by atoms with Crippen molar-refractivity contribution in [2.24, 2.45) is 0 Å². The summed E-state index contributed by atoms with van der Waals surface area (Å²) >= 11 is 0. The molecule has 1 heteroatoms. The van der Waals surface area contributed by atoms with Crippen LogP contribution in [0.5, 0.6) is 0 Å². The zero-order valence-electron chi connectivity index (χ0n) is 8.04. The van der Waals surface area contributed by atoms with Crippen LogP contribution in [0.15, 0.2) is 42.5 Å². The molecule has 14 heavy (non-hydrogen) atoms. The molecule has 0 N–H and O–H groups in total. The normalized spacial score (nSPS) is 12.4. The van der Waals surface area contributed by atoms with Gasteiger partial charge in [0.15, 0.2) is 0 Å². The van der Waals surface area contributed by atoms with Crippen molar-refractivity contribution in [3.05, 3.63) is 48.0 Å². The number of aryl methyl sites for hydroxylation is 1. The van der Waals surface area contributed by atoms with Gasteiger partial charge in [-0.3, -0.25) is 0 Å². The lowest BCUT2D eigenvalue weighted by atomic mass is 10.0. The molecule has 0 amide bonds. The van der Waals surface area contributed by atoms with E-state index in [0.29, 0.717) is 0 Å². The van der Waals surface area contributed by atoms with E-state index in [0.717, 1.165) is 9.52 Å². The van der Waals surface area contributed by atoms with Crippen LogP contribution in [0.4, 0.5) is 0 Å². The van der Waals surface area contributed by atoms with Crippen LogP contribution in [0.1, 0.15) is 5.56 Å². The van der Waals surface area contributed by atoms with E-state index in [4.69, 9.17) is 0 Å². The summed E-state index contributed by atoms with van der Waals surface area (Å²) in [5.41, 5.74) is 4.31. The van der Waals surface area contributed by atoms with Crippen molar-refractivity contribution in [3.63, 3.8) is 0 Å². The van der Waals surface area contributed by atoms with Crippen molar-refractivity contribution < 1.29 is 0 Å². The van der Waals surface area contributed by atoms with Crippen LogP contribution in [0.2, 0.25) is 0 Å². The third-order valence-corrected chi connectivity index (χ3v) is 4.37. The maximum Gasteiger partial charge on any atom is 0.123 e. The van der Waals surface area contributed by atoms with Crippen molar-refractivity contribution in [2.75, 3.05) is 0 Å². The first-order valence-electron chi connectivity index (χ1n) is 4.82. The maximum absolute atomic E-state index is 2.24. The zero-order valence-corrected chi connectivity index (χ0v) is 9.04. The van der Waals surface area contributed by atoms with Crippen molar-refractivity contribution >= 4 is 19.9 Å². The maximum atomic E-state index is 2.24. The molecule has 0 aliphatic carbocycles. The van der Waals surface area contributed by atoms with Gasteiger partial charge in [-0.05, 0) is 23.2 Å². The van der Waals surface area contributed by atoms with E-state index in [1.165, 1.54) is 27.1 Å². The van der Waals surface area contributed by atoms with Gasteiger partial charge in [-0.15, -0.1) is 0 Å². The molecule has 0 saturated carbocycles. The number of rotatable bonds is 0. The molecule has 3 rings (SSSR count). The summed E-state index contributed by atoms with van der Waals surface area (Å²) in [7, 11) is 0.850. The molecule has 66 valence electrons. The Labute approximate surface area is 86.4 Å². The third kappa shape index (κ3) is 0.992. The lowest BCUT2D eigenvalue weighted by molar-refractivity contribution is 1.52. The standard InChI is InChI=1S/C13H10Si/c1-9-5-4-7-11-10-6-2-3-8-12(10)14-13(9)11/h2-8H,1H3. The van der Waals surface area contributed by atoms with E-state index in [1.54, 1.807) is 0 Å². The van der Waals surface area contributed by atoms with Crippen molar-refractivity contribution in [2.45, 2.75) is 6.92 Å². The molecule has 0 atom stereocenters. The Kier molecular flexibility index (Phi) is 1.61. The fourth-order valence-electron chi connectivity index (χ4n) is 2.02. The largest absolute Gasteiger partial charge is 0.123 e. The molecule has 1 aliphatic rings. The van der Waals surface area contributed by atoms with Gasteiger partial charge in [0.1, 0.15) is 9.52 Å². The second kappa shape index (κ2) is 2.82. The molecule has 0 aromatic heterocycles. The Hall–Kier alpha value is -1.34. The molecule has 1 aliphatic heterocycles. The molecule has 0 spiro atoms. The fourth-order valence-corrected chi connectivity index (χ4v) is 3.45. The molecule has 2 radical (unpaired) electrons. The highest BCUT2D eigenvalue weighted by Gasteiger charge is 2.19. The van der Waals surface area contributed by atoms with Crippen LogP contribution < -0.4 is 10.4 Å². The average Bonchev–Trinajstić information content (AvgIpc) is 2.59. The fraction of sp³-hybridized carbons (Fsp3) is 0.0769. The van der Waals surface area contributed by atoms with Gasteiger partial charge in [0.05, 0.1) is 0 Å². The third-order valence-electron chi connectivity index (χ3n) is 2.75. The van der Waals surface area contributed by atoms with E-state index < -0.39 is 0 Å². The molecule has 0 fully saturated rings. The molecule has 2 aromatic rings. The molecule has 2 aromatic carbocycles. The molecule has 0 nitrogen and oxygen atoms in total. The molecule has 1 heterocycles. The van der Waals surface area contributed by atoms with Gasteiger partial charge in [0.25, 0.3) is 0 Å². The molecular formula is C13H10Si. The number of benzene rings is 2. The van der Waals surface area contributed by atoms with E-state index in [-0.39, 0.29) is 0 Å². The quantitative estimate of drug-likeness (QED) is 0.477. The highest BCUT2D eigenvalue weighted by molar-refractivity contribution is 6.73. The average molecular weight is 194 g/mol. The molecular weight excluding hydrogens is 184 g/mol. The predicted octanol–water partition coefficient (Wildman–Crippen LogP) is 1.63. The first-order valence-corrected chi connectivity index (χ1v) is 5.82. The summed E-state index contributed by atoms with van der Waals surface area (Å²) in [4.78, 5) is 0. The summed E-state index contributed by atoms with van der Waals surface area (Å²) in [5.74, 6) is 0. The van der Waals surface area contributed by atoms with Crippen LogP contribution in [0, 0.1) is 6.92 Å². The van der Waals surface area contributed by atoms with E-state index in [9.17, 15) is 0 Å². The van der Waals surface area contributed by atoms with Crippen LogP contribution in [-0.4, -0.2) is 9.52 Å². The topological polar surface area (TPSA) is 0 Å². The van der Waals surface area contributed by atoms with E-state index in [1.807, 2.05) is 0 Å². The van der Waals surface area contributed by atoms with Crippen LogP contribution in [0.25, 0.3) is 11.1 Å². The van der Waals surface area contributed by atoms with Crippen molar-refractivity contribution in [3.8, 4) is 11.1 Å². The lowest BCUT2D eigenvalue weighted by Gasteiger charge is -2.02. The smallest absolute Gasteiger partial charge is 0.0625 e. The minimum absolute atomic E-state index is 0.850. The van der Waals surface area contributed by atoms with Crippen molar-refractivity contribution in [1.29, 1.82) is 0 Å². The predicted molar refractivity (Wildman–Crippen MR) is 61.6 cm³/mol. The van der Waals surface area contributed by atoms with Gasteiger partial charge in [0.2, 0.25) is 0 Å². The minimum atomic E-state index is 0.850. The second-order valence-electron chi connectivity index (χ2n) is 3.67. The van der Waals surface area contributed by atoms with Crippen LogP contribution in [-0.2, 0) is 0 Å². The Balaban J connectivity index is 2.33. The Morgan fingerprint density at radius 3 is 2.57 bits per heavy atom. The summed E-state index contributed by atoms with van der Waals surface area (Å²) in [6, 6.07) is 15.3. The number of hydrogen-bond acceptors (Lipinski definition) is 0. The van der Waals surface area contributed by atoms with Gasteiger partial charge in [-0.25, -0.2) is 0 Å². The van der Waals surface area contributed by atoms with Gasteiger partial charge < -0.3 is 0 Å². The van der Waals surface area contributed by atoms with Gasteiger partial charge >= 0.3 is 0 Å². The Morgan fingerprint density at radius 1 is 0.857 bits per heavy atom. The minimum Gasteiger partial charge on any atom is -0.0625 e. The SMILES string of the molecule is Cc1cccc2c1[Si]c1ccccc1-2. The molecule has 0 saturated heterocycles. The van der Waals surface area contributed by atoms with Gasteiger partial charge in [-0.1, -0.05) is 53.2 Å². The summed E-state index contributed by atoms with van der Waals surface area (Å²) in [6.07, 6.45) is 0. The monoisotopic (exact) mass is 194 g/mol. The summed E-state index contributed by atoms with van der Waals surface area (Å²) in [6.45, 7) is 2.21. The van der Waals surface area contributed by atoms with Gasteiger partial charge in [0, 0.05) is 0 Å². The Morgan fingerprint density at radius 2 is 1.64 bits per heavy atom. The van der Waals surface area contributed by atoms with Crippen LogP contribution in [0.3, 0.4) is 0 Å². The summed E-state index contributed by atoms with van der Waals surface area (Å²) in [5, 5.41) is 3.03. The Bertz CT molecular complexity index is 500. The summed E-state index contributed by atoms with van der Waals surface area (Å²) < 4.78 is 0. The number of fused-ring (bicyclic) bond motifs is 3. The van der Waals surface area contributed by atoms with Crippen molar-refractivity contribution in [1.82, 2.24) is 0 Å². The highest BCUT2D eigenvalue weighted by Crippen LogP contribution is 2.20. The second-order valence-corrected chi connectivity index (χ2v) is 4.96. The van der Waals surface area contributed by atoms with Crippen LogP contribution >= 0.6 is 0 Å². The first kappa shape index (κ1) is 8.01. The number of hydrogen-bond donors (Lipinski definition) is 0. The lowest BCUT2D eigenvalue weighted by Crippen LogP contribution is -2.22.